The smallest absolute Gasteiger partial charge is 0.137 e. The molecule has 0 radical (unpaired) electrons. The van der Waals surface area contributed by atoms with Crippen molar-refractivity contribution >= 4 is 33.9 Å². The van der Waals surface area contributed by atoms with Crippen molar-refractivity contribution < 1.29 is 4.74 Å². The number of aromatic nitrogens is 2. The second-order valence-corrected chi connectivity index (χ2v) is 6.87. The molecule has 2 aromatic rings. The van der Waals surface area contributed by atoms with Crippen molar-refractivity contribution in [1.29, 1.82) is 0 Å². The molecule has 0 spiro atoms. The van der Waals surface area contributed by atoms with E-state index in [1.807, 2.05) is 12.1 Å². The van der Waals surface area contributed by atoms with Gasteiger partial charge in [0.05, 0.1) is 11.8 Å². The maximum atomic E-state index is 5.57. The number of thiocarbonyl (C=S) groups is 1. The van der Waals surface area contributed by atoms with Crippen LogP contribution in [0.3, 0.4) is 0 Å². The summed E-state index contributed by atoms with van der Waals surface area (Å²) in [4.78, 5) is 4.61. The van der Waals surface area contributed by atoms with E-state index in [0.717, 1.165) is 47.4 Å². The van der Waals surface area contributed by atoms with Crippen LogP contribution in [-0.2, 0) is 10.5 Å². The molecule has 2 aromatic heterocycles. The minimum Gasteiger partial charge on any atom is -0.376 e. The number of fused-ring (bicyclic) bond motifs is 1. The summed E-state index contributed by atoms with van der Waals surface area (Å²) < 4.78 is 8.50. The highest BCUT2D eigenvalue weighted by Gasteiger charge is 2.15. The maximum absolute atomic E-state index is 5.57. The Morgan fingerprint density at radius 2 is 2.48 bits per heavy atom. The van der Waals surface area contributed by atoms with Crippen LogP contribution >= 0.6 is 24.0 Å². The first-order valence-electron chi connectivity index (χ1n) is 7.18. The van der Waals surface area contributed by atoms with Crippen molar-refractivity contribution in [2.24, 2.45) is 0 Å². The molecule has 3 heterocycles. The highest BCUT2D eigenvalue weighted by Crippen LogP contribution is 2.16. The van der Waals surface area contributed by atoms with Gasteiger partial charge in [-0.2, -0.15) is 0 Å². The average Bonchev–Trinajstić information content (AvgIpc) is 3.12. The average molecular weight is 321 g/mol. The Labute approximate surface area is 134 Å². The van der Waals surface area contributed by atoms with E-state index >= 15 is 0 Å². The summed E-state index contributed by atoms with van der Waals surface area (Å²) in [5, 5.41) is 3.27. The lowest BCUT2D eigenvalue weighted by Crippen LogP contribution is -2.28. The number of hydrogen-bond donors (Lipinski definition) is 1. The Morgan fingerprint density at radius 1 is 1.57 bits per heavy atom. The summed E-state index contributed by atoms with van der Waals surface area (Å²) in [6.45, 7) is 3.78. The van der Waals surface area contributed by atoms with E-state index in [4.69, 9.17) is 17.0 Å². The largest absolute Gasteiger partial charge is 0.376 e. The molecule has 0 aromatic carbocycles. The topological polar surface area (TPSA) is 38.6 Å². The molecule has 0 amide bonds. The zero-order valence-electron chi connectivity index (χ0n) is 12.0. The van der Waals surface area contributed by atoms with Gasteiger partial charge in [0.2, 0.25) is 0 Å². The number of pyridine rings is 1. The molecule has 0 aliphatic carbocycles. The normalized spacial score (nSPS) is 18.2. The molecule has 112 valence electrons. The SMILES string of the molecule is Cc1cccc2nc(CSC(=S)NC[C@H]3CCCO3)cn12. The van der Waals surface area contributed by atoms with Crippen LogP contribution in [0.5, 0.6) is 0 Å². The van der Waals surface area contributed by atoms with E-state index in [9.17, 15) is 0 Å². The summed E-state index contributed by atoms with van der Waals surface area (Å²) in [5.74, 6) is 0.790. The van der Waals surface area contributed by atoms with Crippen molar-refractivity contribution in [3.63, 3.8) is 0 Å². The number of nitrogens with one attached hydrogen (secondary N) is 1. The van der Waals surface area contributed by atoms with Gasteiger partial charge in [-0.25, -0.2) is 4.98 Å². The lowest BCUT2D eigenvalue weighted by Gasteiger charge is -2.11. The Bertz CT molecular complexity index is 635. The number of hydrogen-bond acceptors (Lipinski definition) is 4. The third kappa shape index (κ3) is 3.75. The van der Waals surface area contributed by atoms with Gasteiger partial charge in [-0.1, -0.05) is 30.0 Å². The van der Waals surface area contributed by atoms with Gasteiger partial charge >= 0.3 is 0 Å². The molecule has 1 fully saturated rings. The van der Waals surface area contributed by atoms with Crippen LogP contribution in [0.1, 0.15) is 24.2 Å². The molecule has 1 aliphatic rings. The van der Waals surface area contributed by atoms with E-state index in [2.05, 4.69) is 33.9 Å². The predicted octanol–water partition coefficient (Wildman–Crippen LogP) is 2.93. The molecular weight excluding hydrogens is 302 g/mol. The summed E-state index contributed by atoms with van der Waals surface area (Å²) in [7, 11) is 0. The van der Waals surface area contributed by atoms with Gasteiger partial charge in [-0.15, -0.1) is 0 Å². The quantitative estimate of drug-likeness (QED) is 0.877. The number of thioether (sulfide) groups is 1. The molecule has 6 heteroatoms. The van der Waals surface area contributed by atoms with E-state index in [0.29, 0.717) is 6.10 Å². The van der Waals surface area contributed by atoms with Crippen LogP contribution in [0.2, 0.25) is 0 Å². The molecule has 3 rings (SSSR count). The van der Waals surface area contributed by atoms with Gasteiger partial charge in [-0.05, 0) is 31.9 Å². The molecule has 21 heavy (non-hydrogen) atoms. The van der Waals surface area contributed by atoms with Gasteiger partial charge < -0.3 is 14.5 Å². The summed E-state index contributed by atoms with van der Waals surface area (Å²) in [6.07, 6.45) is 4.69. The lowest BCUT2D eigenvalue weighted by atomic mass is 10.2. The first kappa shape index (κ1) is 14.8. The van der Waals surface area contributed by atoms with Gasteiger partial charge in [0.15, 0.2) is 0 Å². The van der Waals surface area contributed by atoms with Crippen LogP contribution in [0.4, 0.5) is 0 Å². The second kappa shape index (κ2) is 6.77. The minimum atomic E-state index is 0.321. The van der Waals surface area contributed by atoms with Crippen LogP contribution in [-0.4, -0.2) is 33.0 Å². The Balaban J connectivity index is 1.51. The molecule has 0 unspecified atom stereocenters. The molecule has 1 aliphatic heterocycles. The number of rotatable bonds is 4. The van der Waals surface area contributed by atoms with Crippen molar-refractivity contribution in [3.05, 3.63) is 35.8 Å². The van der Waals surface area contributed by atoms with E-state index in [1.54, 1.807) is 11.8 Å². The Morgan fingerprint density at radius 3 is 3.24 bits per heavy atom. The third-order valence-electron chi connectivity index (χ3n) is 3.60. The Kier molecular flexibility index (Phi) is 4.77. The highest BCUT2D eigenvalue weighted by atomic mass is 32.2. The van der Waals surface area contributed by atoms with E-state index < -0.39 is 0 Å². The zero-order chi connectivity index (χ0) is 14.7. The highest BCUT2D eigenvalue weighted by molar-refractivity contribution is 8.22. The van der Waals surface area contributed by atoms with Crippen LogP contribution in [0, 0.1) is 6.92 Å². The zero-order valence-corrected chi connectivity index (χ0v) is 13.7. The summed E-state index contributed by atoms with van der Waals surface area (Å²) in [6, 6.07) is 6.14. The molecule has 4 nitrogen and oxygen atoms in total. The number of nitrogens with zero attached hydrogens (tertiary/aromatic N) is 2. The number of aryl methyl sites for hydroxylation is 1. The van der Waals surface area contributed by atoms with Crippen molar-refractivity contribution in [1.82, 2.24) is 14.7 Å². The third-order valence-corrected chi connectivity index (χ3v) is 4.94. The molecule has 1 N–H and O–H groups in total. The first-order valence-corrected chi connectivity index (χ1v) is 8.57. The molecular formula is C15H19N3OS2. The fraction of sp³-hybridized carbons (Fsp3) is 0.467. The fourth-order valence-electron chi connectivity index (χ4n) is 2.46. The standard InChI is InChI=1S/C15H19N3OS2/c1-11-4-2-6-14-17-12(9-18(11)14)10-21-15(20)16-8-13-5-3-7-19-13/h2,4,6,9,13H,3,5,7-8,10H2,1H3,(H,16,20)/t13-/m1/s1. The maximum Gasteiger partial charge on any atom is 0.137 e. The van der Waals surface area contributed by atoms with Crippen LogP contribution < -0.4 is 5.32 Å². The monoisotopic (exact) mass is 321 g/mol. The lowest BCUT2D eigenvalue weighted by molar-refractivity contribution is 0.114. The number of ether oxygens (including phenoxy) is 1. The van der Waals surface area contributed by atoms with Crippen LogP contribution in [0.25, 0.3) is 5.65 Å². The molecule has 1 atom stereocenters. The number of imidazole rings is 1. The summed E-state index contributed by atoms with van der Waals surface area (Å²) in [5.41, 5.74) is 3.23. The van der Waals surface area contributed by atoms with Crippen LogP contribution in [0.15, 0.2) is 24.4 Å². The minimum absolute atomic E-state index is 0.321. The van der Waals surface area contributed by atoms with Crippen molar-refractivity contribution in [2.75, 3.05) is 13.2 Å². The van der Waals surface area contributed by atoms with Crippen molar-refractivity contribution in [2.45, 2.75) is 31.6 Å². The molecule has 0 bridgehead atoms. The van der Waals surface area contributed by atoms with Gasteiger partial charge in [0.25, 0.3) is 0 Å². The van der Waals surface area contributed by atoms with Gasteiger partial charge in [-0.3, -0.25) is 0 Å². The van der Waals surface area contributed by atoms with Crippen molar-refractivity contribution in [3.8, 4) is 0 Å². The molecule has 1 saturated heterocycles. The summed E-state index contributed by atoms with van der Waals surface area (Å²) >= 11 is 6.98. The van der Waals surface area contributed by atoms with Gasteiger partial charge in [0, 0.05) is 30.8 Å². The van der Waals surface area contributed by atoms with E-state index in [-0.39, 0.29) is 0 Å². The fourth-order valence-corrected chi connectivity index (χ4v) is 3.32. The first-order chi connectivity index (χ1) is 10.2. The van der Waals surface area contributed by atoms with Gasteiger partial charge in [0.1, 0.15) is 9.97 Å². The molecule has 0 saturated carbocycles. The second-order valence-electron chi connectivity index (χ2n) is 5.22. The Hall–Kier alpha value is -1.11. The predicted molar refractivity (Wildman–Crippen MR) is 90.8 cm³/mol. The van der Waals surface area contributed by atoms with E-state index in [1.165, 1.54) is 5.69 Å².